The van der Waals surface area contributed by atoms with Gasteiger partial charge in [0.15, 0.2) is 0 Å². The number of carbonyl (C=O) groups excluding carboxylic acids is 2. The number of benzene rings is 2. The van der Waals surface area contributed by atoms with Gasteiger partial charge in [-0.15, -0.1) is 0 Å². The first kappa shape index (κ1) is 17.5. The summed E-state index contributed by atoms with van der Waals surface area (Å²) in [4.78, 5) is 25.3. The van der Waals surface area contributed by atoms with Crippen LogP contribution < -0.4 is 15.0 Å². The van der Waals surface area contributed by atoms with Crippen LogP contribution in [0.25, 0.3) is 0 Å². The first-order valence-electron chi connectivity index (χ1n) is 7.47. The van der Waals surface area contributed by atoms with Crippen molar-refractivity contribution in [2.45, 2.75) is 6.92 Å². The van der Waals surface area contributed by atoms with Crippen LogP contribution in [0.4, 0.5) is 10.1 Å². The summed E-state index contributed by atoms with van der Waals surface area (Å²) in [5.74, 6) is -0.291. The highest BCUT2D eigenvalue weighted by Crippen LogP contribution is 2.19. The van der Waals surface area contributed by atoms with E-state index in [-0.39, 0.29) is 23.9 Å². The summed E-state index contributed by atoms with van der Waals surface area (Å²) in [5, 5.41) is 2.68. The molecule has 2 rings (SSSR count). The number of nitrogens with one attached hydrogen (secondary N) is 1. The highest BCUT2D eigenvalue weighted by Gasteiger charge is 2.12. The summed E-state index contributed by atoms with van der Waals surface area (Å²) >= 11 is 0. The zero-order valence-corrected chi connectivity index (χ0v) is 13.6. The Morgan fingerprint density at radius 1 is 1.17 bits per heavy atom. The maximum Gasteiger partial charge on any atom is 0.251 e. The quantitative estimate of drug-likeness (QED) is 0.886. The molecule has 0 saturated carbocycles. The molecular weight excluding hydrogens is 311 g/mol. The topological polar surface area (TPSA) is 58.6 Å². The molecule has 0 atom stereocenters. The molecule has 0 aliphatic rings. The number of hydrogen-bond donors (Lipinski definition) is 1. The molecule has 0 bridgehead atoms. The van der Waals surface area contributed by atoms with E-state index in [2.05, 4.69) is 5.32 Å². The van der Waals surface area contributed by atoms with Crippen LogP contribution >= 0.6 is 0 Å². The van der Waals surface area contributed by atoms with Crippen LogP contribution in [0.3, 0.4) is 0 Å². The Morgan fingerprint density at radius 3 is 2.46 bits per heavy atom. The second-order valence-electron chi connectivity index (χ2n) is 5.13. The summed E-state index contributed by atoms with van der Waals surface area (Å²) in [6.07, 6.45) is 0. The van der Waals surface area contributed by atoms with Gasteiger partial charge in [0.1, 0.15) is 11.6 Å². The molecule has 6 heteroatoms. The summed E-state index contributed by atoms with van der Waals surface area (Å²) in [6, 6.07) is 12.5. The lowest BCUT2D eigenvalue weighted by atomic mass is 10.2. The van der Waals surface area contributed by atoms with E-state index in [1.807, 2.05) is 0 Å². The van der Waals surface area contributed by atoms with Gasteiger partial charge in [-0.2, -0.15) is 0 Å². The minimum absolute atomic E-state index is 0.139. The van der Waals surface area contributed by atoms with Crippen LogP contribution in [0.15, 0.2) is 48.5 Å². The maximum absolute atomic E-state index is 13.1. The number of ether oxygens (including phenoxy) is 1. The fourth-order valence-corrected chi connectivity index (χ4v) is 2.24. The Balaban J connectivity index is 1.96. The van der Waals surface area contributed by atoms with Gasteiger partial charge in [-0.05, 0) is 42.5 Å². The predicted octanol–water partition coefficient (Wildman–Crippen LogP) is 2.62. The summed E-state index contributed by atoms with van der Waals surface area (Å²) in [7, 11) is 1.57. The molecule has 0 radical (unpaired) electrons. The zero-order valence-electron chi connectivity index (χ0n) is 13.6. The Morgan fingerprint density at radius 2 is 1.88 bits per heavy atom. The monoisotopic (exact) mass is 330 g/mol. The molecule has 0 spiro atoms. The zero-order chi connectivity index (χ0) is 17.5. The lowest BCUT2D eigenvalue weighted by Crippen LogP contribution is -2.37. The van der Waals surface area contributed by atoms with Gasteiger partial charge in [0, 0.05) is 31.3 Å². The molecule has 2 aromatic carbocycles. The molecule has 0 aliphatic carbocycles. The Kier molecular flexibility index (Phi) is 5.89. The van der Waals surface area contributed by atoms with E-state index in [4.69, 9.17) is 4.74 Å². The van der Waals surface area contributed by atoms with E-state index in [9.17, 15) is 14.0 Å². The third-order valence-electron chi connectivity index (χ3n) is 3.47. The molecule has 2 amide bonds. The van der Waals surface area contributed by atoms with E-state index >= 15 is 0 Å². The number of halogens is 1. The van der Waals surface area contributed by atoms with E-state index in [0.717, 1.165) is 0 Å². The van der Waals surface area contributed by atoms with E-state index in [1.165, 1.54) is 31.2 Å². The van der Waals surface area contributed by atoms with Crippen molar-refractivity contribution in [3.8, 4) is 5.75 Å². The van der Waals surface area contributed by atoms with E-state index in [1.54, 1.807) is 36.3 Å². The number of rotatable bonds is 6. The molecule has 0 aromatic heterocycles. The largest absolute Gasteiger partial charge is 0.497 e. The minimum Gasteiger partial charge on any atom is -0.497 e. The van der Waals surface area contributed by atoms with Gasteiger partial charge in [-0.3, -0.25) is 9.59 Å². The predicted molar refractivity (Wildman–Crippen MR) is 89.8 cm³/mol. The van der Waals surface area contributed by atoms with Crippen molar-refractivity contribution in [1.29, 1.82) is 0 Å². The third kappa shape index (κ3) is 4.55. The Hall–Kier alpha value is -2.89. The van der Waals surface area contributed by atoms with Crippen LogP contribution in [0, 0.1) is 5.82 Å². The van der Waals surface area contributed by atoms with Gasteiger partial charge in [0.25, 0.3) is 5.91 Å². The summed E-state index contributed by atoms with van der Waals surface area (Å²) in [6.45, 7) is 2.02. The first-order chi connectivity index (χ1) is 11.5. The van der Waals surface area contributed by atoms with Gasteiger partial charge in [-0.1, -0.05) is 6.07 Å². The second kappa shape index (κ2) is 8.10. The highest BCUT2D eigenvalue weighted by atomic mass is 19.1. The lowest BCUT2D eigenvalue weighted by Gasteiger charge is -2.21. The number of methoxy groups -OCH3 is 1. The van der Waals surface area contributed by atoms with Crippen molar-refractivity contribution in [2.24, 2.45) is 0 Å². The smallest absolute Gasteiger partial charge is 0.251 e. The molecule has 5 nitrogen and oxygen atoms in total. The SMILES string of the molecule is COc1ccc(N(CCNC(=O)c2cccc(F)c2)C(C)=O)cc1. The molecule has 2 aromatic rings. The molecule has 0 aliphatic heterocycles. The molecule has 126 valence electrons. The van der Waals surface area contributed by atoms with Gasteiger partial charge < -0.3 is 15.0 Å². The van der Waals surface area contributed by atoms with E-state index < -0.39 is 5.82 Å². The molecule has 1 N–H and O–H groups in total. The molecule has 0 unspecified atom stereocenters. The van der Waals surface area contributed by atoms with Crippen LogP contribution in [-0.2, 0) is 4.79 Å². The summed E-state index contributed by atoms with van der Waals surface area (Å²) < 4.78 is 18.2. The van der Waals surface area contributed by atoms with Crippen molar-refractivity contribution < 1.29 is 18.7 Å². The average molecular weight is 330 g/mol. The van der Waals surface area contributed by atoms with Crippen molar-refractivity contribution >= 4 is 17.5 Å². The van der Waals surface area contributed by atoms with Crippen molar-refractivity contribution in [1.82, 2.24) is 5.32 Å². The average Bonchev–Trinajstić information content (AvgIpc) is 2.58. The van der Waals surface area contributed by atoms with Gasteiger partial charge in [-0.25, -0.2) is 4.39 Å². The first-order valence-corrected chi connectivity index (χ1v) is 7.47. The molecule has 0 saturated heterocycles. The van der Waals surface area contributed by atoms with E-state index in [0.29, 0.717) is 18.0 Å². The van der Waals surface area contributed by atoms with Crippen molar-refractivity contribution in [3.05, 3.63) is 59.9 Å². The minimum atomic E-state index is -0.466. The number of anilines is 1. The maximum atomic E-state index is 13.1. The Labute approximate surface area is 140 Å². The van der Waals surface area contributed by atoms with Gasteiger partial charge in [0.05, 0.1) is 7.11 Å². The van der Waals surface area contributed by atoms with Crippen LogP contribution in [-0.4, -0.2) is 32.0 Å². The molecule has 0 heterocycles. The molecule has 24 heavy (non-hydrogen) atoms. The van der Waals surface area contributed by atoms with Crippen LogP contribution in [0.2, 0.25) is 0 Å². The fourth-order valence-electron chi connectivity index (χ4n) is 2.24. The van der Waals surface area contributed by atoms with Gasteiger partial charge >= 0.3 is 0 Å². The highest BCUT2D eigenvalue weighted by molar-refractivity contribution is 5.94. The lowest BCUT2D eigenvalue weighted by molar-refractivity contribution is -0.116. The fraction of sp³-hybridized carbons (Fsp3) is 0.222. The van der Waals surface area contributed by atoms with Crippen LogP contribution in [0.5, 0.6) is 5.75 Å². The molecular formula is C18H19FN2O3. The normalized spacial score (nSPS) is 10.1. The van der Waals surface area contributed by atoms with Crippen molar-refractivity contribution in [3.63, 3.8) is 0 Å². The summed E-state index contributed by atoms with van der Waals surface area (Å²) in [5.41, 5.74) is 0.956. The van der Waals surface area contributed by atoms with Gasteiger partial charge in [0.2, 0.25) is 5.91 Å². The number of hydrogen-bond acceptors (Lipinski definition) is 3. The number of nitrogens with zero attached hydrogens (tertiary/aromatic N) is 1. The standard InChI is InChI=1S/C18H19FN2O3/c1-13(22)21(16-6-8-17(24-2)9-7-16)11-10-20-18(23)14-4-3-5-15(19)12-14/h3-9,12H,10-11H2,1-2H3,(H,20,23). The number of carbonyl (C=O) groups is 2. The Bertz CT molecular complexity index is 716. The second-order valence-corrected chi connectivity index (χ2v) is 5.13. The molecule has 0 fully saturated rings. The third-order valence-corrected chi connectivity index (χ3v) is 3.47. The van der Waals surface area contributed by atoms with Crippen molar-refractivity contribution in [2.75, 3.05) is 25.1 Å². The van der Waals surface area contributed by atoms with Crippen LogP contribution in [0.1, 0.15) is 17.3 Å². The number of amides is 2.